The normalized spacial score (nSPS) is 12.8. The zero-order valence-corrected chi connectivity index (χ0v) is 17.1. The van der Waals surface area contributed by atoms with E-state index < -0.39 is 9.84 Å². The fourth-order valence-corrected chi connectivity index (χ4v) is 5.11. The average Bonchev–Trinajstić information content (AvgIpc) is 3.39. The van der Waals surface area contributed by atoms with Gasteiger partial charge in [-0.1, -0.05) is 36.4 Å². The van der Waals surface area contributed by atoms with Gasteiger partial charge in [0.05, 0.1) is 9.79 Å². The number of nitrogens with zero attached hydrogens (tertiary/aromatic N) is 1. The van der Waals surface area contributed by atoms with Crippen molar-refractivity contribution in [2.75, 3.05) is 12.1 Å². The van der Waals surface area contributed by atoms with Crippen LogP contribution in [0.25, 0.3) is 10.9 Å². The number of ether oxygens (including phenoxy) is 2. The number of sulfone groups is 1. The molecule has 3 aromatic carbocycles. The highest BCUT2D eigenvalue weighted by Crippen LogP contribution is 2.34. The van der Waals surface area contributed by atoms with Crippen molar-refractivity contribution in [3.63, 3.8) is 0 Å². The smallest absolute Gasteiger partial charge is 0.244 e. The van der Waals surface area contributed by atoms with Gasteiger partial charge in [-0.15, -0.1) is 0 Å². The first-order valence-electron chi connectivity index (χ1n) is 9.60. The molecule has 31 heavy (non-hydrogen) atoms. The van der Waals surface area contributed by atoms with Gasteiger partial charge in [-0.3, -0.25) is 4.79 Å². The van der Waals surface area contributed by atoms with Crippen molar-refractivity contribution in [2.45, 2.75) is 16.3 Å². The fraction of sp³-hybridized carbons (Fsp3) is 0.0870. The Hall–Kier alpha value is -3.78. The van der Waals surface area contributed by atoms with E-state index in [9.17, 15) is 13.2 Å². The maximum atomic E-state index is 13.2. The topological polar surface area (TPSA) is 86.6 Å². The number of para-hydroxylation sites is 1. The minimum atomic E-state index is -3.73. The van der Waals surface area contributed by atoms with Gasteiger partial charge in [0.1, 0.15) is 6.54 Å². The van der Waals surface area contributed by atoms with Crippen molar-refractivity contribution in [3.8, 4) is 11.5 Å². The molecular weight excluding hydrogens is 416 g/mol. The quantitative estimate of drug-likeness (QED) is 0.516. The maximum absolute atomic E-state index is 13.2. The lowest BCUT2D eigenvalue weighted by molar-refractivity contribution is -0.116. The maximum Gasteiger partial charge on any atom is 0.244 e. The van der Waals surface area contributed by atoms with Crippen LogP contribution in [0.5, 0.6) is 11.5 Å². The van der Waals surface area contributed by atoms with E-state index in [1.807, 2.05) is 6.07 Å². The molecule has 0 aliphatic carbocycles. The first kappa shape index (κ1) is 19.2. The Balaban J connectivity index is 1.46. The van der Waals surface area contributed by atoms with Gasteiger partial charge in [0.25, 0.3) is 0 Å². The van der Waals surface area contributed by atoms with Crippen LogP contribution in [0.4, 0.5) is 5.69 Å². The predicted octanol–water partition coefficient (Wildman–Crippen LogP) is 3.84. The van der Waals surface area contributed by atoms with Crippen LogP contribution in [-0.4, -0.2) is 25.7 Å². The molecule has 1 amide bonds. The number of fused-ring (bicyclic) bond motifs is 2. The molecule has 1 aliphatic heterocycles. The van der Waals surface area contributed by atoms with E-state index in [1.54, 1.807) is 71.3 Å². The highest BCUT2D eigenvalue weighted by Gasteiger charge is 2.23. The molecule has 0 unspecified atom stereocenters. The van der Waals surface area contributed by atoms with Crippen LogP contribution in [0.2, 0.25) is 0 Å². The summed E-state index contributed by atoms with van der Waals surface area (Å²) in [7, 11) is -3.73. The SMILES string of the molecule is O=C(Cn1cc(S(=O)(=O)c2ccccc2)c2ccccc21)Nc1ccc2c(c1)OCO2. The van der Waals surface area contributed by atoms with E-state index in [4.69, 9.17) is 9.47 Å². The van der Waals surface area contributed by atoms with E-state index in [1.165, 1.54) is 6.20 Å². The van der Waals surface area contributed by atoms with Crippen LogP contribution in [0.15, 0.2) is 88.8 Å². The number of carbonyl (C=O) groups is 1. The lowest BCUT2D eigenvalue weighted by atomic mass is 10.2. The summed E-state index contributed by atoms with van der Waals surface area (Å²) in [5.41, 5.74) is 1.24. The number of benzene rings is 3. The molecule has 0 bridgehead atoms. The van der Waals surface area contributed by atoms with Crippen LogP contribution < -0.4 is 14.8 Å². The molecule has 0 radical (unpaired) electrons. The number of hydrogen-bond donors (Lipinski definition) is 1. The van der Waals surface area contributed by atoms with E-state index in [-0.39, 0.29) is 29.0 Å². The summed E-state index contributed by atoms with van der Waals surface area (Å²) in [6.07, 6.45) is 1.52. The Labute approximate surface area is 178 Å². The second kappa shape index (κ2) is 7.48. The first-order valence-corrected chi connectivity index (χ1v) is 11.1. The summed E-state index contributed by atoms with van der Waals surface area (Å²) in [4.78, 5) is 13.1. The molecule has 0 fully saturated rings. The van der Waals surface area contributed by atoms with Crippen molar-refractivity contribution in [1.29, 1.82) is 0 Å². The predicted molar refractivity (Wildman–Crippen MR) is 115 cm³/mol. The van der Waals surface area contributed by atoms with Crippen molar-refractivity contribution < 1.29 is 22.7 Å². The van der Waals surface area contributed by atoms with E-state index in [2.05, 4.69) is 5.32 Å². The van der Waals surface area contributed by atoms with Crippen LogP contribution in [-0.2, 0) is 21.2 Å². The number of carbonyl (C=O) groups excluding carboxylic acids is 1. The lowest BCUT2D eigenvalue weighted by Crippen LogP contribution is -2.18. The highest BCUT2D eigenvalue weighted by atomic mass is 32.2. The molecule has 156 valence electrons. The van der Waals surface area contributed by atoms with Crippen molar-refractivity contribution in [1.82, 2.24) is 4.57 Å². The number of amides is 1. The monoisotopic (exact) mass is 434 g/mol. The molecule has 5 rings (SSSR count). The lowest BCUT2D eigenvalue weighted by Gasteiger charge is -2.08. The third-order valence-electron chi connectivity index (χ3n) is 5.07. The van der Waals surface area contributed by atoms with Gasteiger partial charge >= 0.3 is 0 Å². The summed E-state index contributed by atoms with van der Waals surface area (Å²) in [5.74, 6) is 0.911. The summed E-state index contributed by atoms with van der Waals surface area (Å²) >= 11 is 0. The summed E-state index contributed by atoms with van der Waals surface area (Å²) in [5, 5.41) is 3.39. The molecule has 2 heterocycles. The van der Waals surface area contributed by atoms with Gasteiger partial charge in [0.2, 0.25) is 22.5 Å². The molecule has 7 nitrogen and oxygen atoms in total. The van der Waals surface area contributed by atoms with Crippen molar-refractivity contribution in [3.05, 3.63) is 79.0 Å². The number of aromatic nitrogens is 1. The number of rotatable bonds is 5. The molecule has 4 aromatic rings. The number of nitrogens with one attached hydrogen (secondary N) is 1. The van der Waals surface area contributed by atoms with Gasteiger partial charge < -0.3 is 19.4 Å². The van der Waals surface area contributed by atoms with Gasteiger partial charge in [-0.05, 0) is 30.3 Å². The molecule has 1 aromatic heterocycles. The van der Waals surface area contributed by atoms with Gasteiger partial charge in [-0.25, -0.2) is 8.42 Å². The molecule has 0 spiro atoms. The van der Waals surface area contributed by atoms with Crippen LogP contribution in [0, 0.1) is 0 Å². The van der Waals surface area contributed by atoms with Crippen molar-refractivity contribution in [2.24, 2.45) is 0 Å². The molecule has 1 aliphatic rings. The van der Waals surface area contributed by atoms with E-state index >= 15 is 0 Å². The minimum Gasteiger partial charge on any atom is -0.454 e. The minimum absolute atomic E-state index is 0.0424. The Morgan fingerprint density at radius 2 is 1.68 bits per heavy atom. The Kier molecular flexibility index (Phi) is 4.63. The summed E-state index contributed by atoms with van der Waals surface area (Å²) < 4.78 is 38.7. The molecule has 1 N–H and O–H groups in total. The van der Waals surface area contributed by atoms with Crippen LogP contribution in [0.3, 0.4) is 0 Å². The second-order valence-corrected chi connectivity index (χ2v) is 8.99. The fourth-order valence-electron chi connectivity index (χ4n) is 3.61. The zero-order chi connectivity index (χ0) is 21.4. The standard InChI is InChI=1S/C23H18N2O5S/c26-23(24-16-10-11-20-21(12-16)30-15-29-20)14-25-13-22(18-8-4-5-9-19(18)25)31(27,28)17-6-2-1-3-7-17/h1-13H,14-15H2,(H,24,26). The van der Waals surface area contributed by atoms with E-state index in [0.29, 0.717) is 28.1 Å². The first-order chi connectivity index (χ1) is 15.0. The third-order valence-corrected chi connectivity index (χ3v) is 6.86. The van der Waals surface area contributed by atoms with Crippen LogP contribution >= 0.6 is 0 Å². The van der Waals surface area contributed by atoms with E-state index in [0.717, 1.165) is 0 Å². The molecule has 0 saturated carbocycles. The van der Waals surface area contributed by atoms with Crippen LogP contribution in [0.1, 0.15) is 0 Å². The molecular formula is C23H18N2O5S. The molecule has 8 heteroatoms. The number of hydrogen-bond acceptors (Lipinski definition) is 5. The zero-order valence-electron chi connectivity index (χ0n) is 16.3. The summed E-state index contributed by atoms with van der Waals surface area (Å²) in [6, 6.07) is 20.6. The highest BCUT2D eigenvalue weighted by molar-refractivity contribution is 7.91. The van der Waals surface area contributed by atoms with Crippen molar-refractivity contribution >= 4 is 32.3 Å². The molecule has 0 atom stereocenters. The average molecular weight is 434 g/mol. The second-order valence-electron chi connectivity index (χ2n) is 7.07. The third kappa shape index (κ3) is 3.51. The summed E-state index contributed by atoms with van der Waals surface area (Å²) in [6.45, 7) is 0.111. The Morgan fingerprint density at radius 3 is 2.52 bits per heavy atom. The van der Waals surface area contributed by atoms with Gasteiger partial charge in [0.15, 0.2) is 11.5 Å². The largest absolute Gasteiger partial charge is 0.454 e. The number of anilines is 1. The Morgan fingerprint density at radius 1 is 0.935 bits per heavy atom. The van der Waals surface area contributed by atoms with Gasteiger partial charge in [-0.2, -0.15) is 0 Å². The molecule has 0 saturated heterocycles. The Bertz CT molecular complexity index is 1390. The van der Waals surface area contributed by atoms with Gasteiger partial charge in [0, 0.05) is 28.9 Å².